The van der Waals surface area contributed by atoms with Crippen LogP contribution < -0.4 is 14.4 Å². The van der Waals surface area contributed by atoms with Crippen LogP contribution in [0.3, 0.4) is 0 Å². The van der Waals surface area contributed by atoms with Crippen LogP contribution in [-0.2, 0) is 26.2 Å². The third-order valence-corrected chi connectivity index (χ3v) is 9.43. The van der Waals surface area contributed by atoms with E-state index in [9.17, 15) is 18.0 Å². The molecule has 1 atom stereocenters. The van der Waals surface area contributed by atoms with Crippen molar-refractivity contribution in [3.8, 4) is 5.75 Å². The van der Waals surface area contributed by atoms with Gasteiger partial charge in [0.2, 0.25) is 11.8 Å². The van der Waals surface area contributed by atoms with Crippen molar-refractivity contribution in [1.82, 2.24) is 10.2 Å². The van der Waals surface area contributed by atoms with Gasteiger partial charge in [0.25, 0.3) is 10.0 Å². The van der Waals surface area contributed by atoms with Crippen LogP contribution in [0.15, 0.2) is 65.6 Å². The molecule has 0 radical (unpaired) electrons. The number of rotatable bonds is 13. The molecule has 0 heterocycles. The first-order valence-corrected chi connectivity index (χ1v) is 16.2. The maximum absolute atomic E-state index is 14.3. The first kappa shape index (κ1) is 34.2. The molecule has 2 amide bonds. The molecule has 0 bridgehead atoms. The molecule has 3 rings (SSSR count). The number of aryl methyl sites for hydroxylation is 2. The Hall–Kier alpha value is -3.27. The number of carbonyl (C=O) groups is 2. The fourth-order valence-corrected chi connectivity index (χ4v) is 6.47. The van der Waals surface area contributed by atoms with Crippen LogP contribution in [0, 0.1) is 19.8 Å². The van der Waals surface area contributed by atoms with Gasteiger partial charge in [-0.3, -0.25) is 13.9 Å². The van der Waals surface area contributed by atoms with E-state index >= 15 is 0 Å². The van der Waals surface area contributed by atoms with Gasteiger partial charge in [0.1, 0.15) is 18.3 Å². The minimum Gasteiger partial charge on any atom is -0.495 e. The molecule has 0 saturated carbocycles. The van der Waals surface area contributed by atoms with Crippen molar-refractivity contribution in [3.63, 3.8) is 0 Å². The minimum absolute atomic E-state index is 0.0110. The number of anilines is 1. The van der Waals surface area contributed by atoms with Gasteiger partial charge in [-0.15, -0.1) is 0 Å². The number of amides is 2. The number of hydrogen-bond donors (Lipinski definition) is 1. The third kappa shape index (κ3) is 8.43. The Morgan fingerprint density at radius 1 is 0.953 bits per heavy atom. The highest BCUT2D eigenvalue weighted by atomic mass is 35.5. The molecule has 0 spiro atoms. The number of halogens is 2. The van der Waals surface area contributed by atoms with Crippen LogP contribution >= 0.6 is 23.2 Å². The topological polar surface area (TPSA) is 96.0 Å². The monoisotopic (exact) mass is 647 g/mol. The fraction of sp³-hybridized carbons (Fsp3) is 0.375. The first-order chi connectivity index (χ1) is 20.3. The summed E-state index contributed by atoms with van der Waals surface area (Å²) in [6, 6.07) is 15.6. The van der Waals surface area contributed by atoms with Crippen LogP contribution in [0.2, 0.25) is 10.0 Å². The van der Waals surface area contributed by atoms with E-state index in [0.717, 1.165) is 15.4 Å². The van der Waals surface area contributed by atoms with Gasteiger partial charge < -0.3 is 15.0 Å². The highest BCUT2D eigenvalue weighted by molar-refractivity contribution is 7.92. The third-order valence-electron chi connectivity index (χ3n) is 6.95. The van der Waals surface area contributed by atoms with E-state index in [1.54, 1.807) is 55.5 Å². The Bertz CT molecular complexity index is 1520. The summed E-state index contributed by atoms with van der Waals surface area (Å²) in [6.45, 7) is 9.11. The van der Waals surface area contributed by atoms with Crippen molar-refractivity contribution >= 4 is 50.7 Å². The Morgan fingerprint density at radius 2 is 1.56 bits per heavy atom. The van der Waals surface area contributed by atoms with Crippen LogP contribution in [0.5, 0.6) is 5.75 Å². The van der Waals surface area contributed by atoms with Crippen molar-refractivity contribution in [2.75, 3.05) is 24.5 Å². The quantitative estimate of drug-likeness (QED) is 0.232. The van der Waals surface area contributed by atoms with Crippen LogP contribution in [0.25, 0.3) is 0 Å². The standard InChI is InChI=1S/C32H39Cl2N3O5S/c1-7-28(32(39)35-18-21(2)3)36(19-25-26(33)9-8-10-27(25)34)31(38)20-37(29-17-23(5)13-16-30(29)42-6)43(40,41)24-14-11-22(4)12-15-24/h8-17,21,28H,7,18-20H2,1-6H3,(H,35,39)/t28-/m1/s1. The molecular formula is C32H39Cl2N3O5S. The number of nitrogens with one attached hydrogen (secondary N) is 1. The molecule has 0 unspecified atom stereocenters. The number of ether oxygens (including phenoxy) is 1. The lowest BCUT2D eigenvalue weighted by Crippen LogP contribution is -2.52. The van der Waals surface area contributed by atoms with E-state index in [4.69, 9.17) is 27.9 Å². The highest BCUT2D eigenvalue weighted by Crippen LogP contribution is 2.34. The summed E-state index contributed by atoms with van der Waals surface area (Å²) in [7, 11) is -2.82. The Labute approximate surface area is 265 Å². The highest BCUT2D eigenvalue weighted by Gasteiger charge is 2.35. The normalized spacial score (nSPS) is 12.1. The van der Waals surface area contributed by atoms with E-state index < -0.39 is 28.5 Å². The molecule has 43 heavy (non-hydrogen) atoms. The van der Waals surface area contributed by atoms with E-state index in [-0.39, 0.29) is 41.1 Å². The van der Waals surface area contributed by atoms with Crippen molar-refractivity contribution in [1.29, 1.82) is 0 Å². The summed E-state index contributed by atoms with van der Waals surface area (Å²) >= 11 is 13.0. The zero-order valence-corrected chi connectivity index (χ0v) is 27.7. The van der Waals surface area contributed by atoms with E-state index in [1.165, 1.54) is 24.1 Å². The minimum atomic E-state index is -4.26. The molecule has 0 aliphatic rings. The predicted octanol–water partition coefficient (Wildman–Crippen LogP) is 6.39. The summed E-state index contributed by atoms with van der Waals surface area (Å²) in [5.74, 6) is -0.500. The van der Waals surface area contributed by atoms with Gasteiger partial charge in [-0.2, -0.15) is 0 Å². The van der Waals surface area contributed by atoms with Crippen molar-refractivity contribution < 1.29 is 22.7 Å². The van der Waals surface area contributed by atoms with Gasteiger partial charge in [0.15, 0.2) is 0 Å². The summed E-state index contributed by atoms with van der Waals surface area (Å²) in [5.41, 5.74) is 2.31. The van der Waals surface area contributed by atoms with E-state index in [2.05, 4.69) is 5.32 Å². The summed E-state index contributed by atoms with van der Waals surface area (Å²) < 4.78 is 34.9. The second-order valence-electron chi connectivity index (χ2n) is 10.8. The van der Waals surface area contributed by atoms with Gasteiger partial charge >= 0.3 is 0 Å². The summed E-state index contributed by atoms with van der Waals surface area (Å²) in [6.07, 6.45) is 0.274. The van der Waals surface area contributed by atoms with Crippen molar-refractivity contribution in [3.05, 3.63) is 87.4 Å². The average Bonchev–Trinajstić information content (AvgIpc) is 2.96. The van der Waals surface area contributed by atoms with Gasteiger partial charge in [0, 0.05) is 28.7 Å². The van der Waals surface area contributed by atoms with Gasteiger partial charge in [-0.25, -0.2) is 8.42 Å². The molecule has 1 N–H and O–H groups in total. The van der Waals surface area contributed by atoms with Crippen LogP contribution in [0.4, 0.5) is 5.69 Å². The molecule has 3 aromatic rings. The lowest BCUT2D eigenvalue weighted by molar-refractivity contribution is -0.140. The largest absolute Gasteiger partial charge is 0.495 e. The molecule has 0 saturated heterocycles. The molecule has 232 valence electrons. The molecular weight excluding hydrogens is 609 g/mol. The van der Waals surface area contributed by atoms with E-state index in [1.807, 2.05) is 27.7 Å². The summed E-state index contributed by atoms with van der Waals surface area (Å²) in [4.78, 5) is 29.1. The maximum atomic E-state index is 14.3. The van der Waals surface area contributed by atoms with Crippen molar-refractivity contribution in [2.45, 2.75) is 58.5 Å². The molecule has 0 fully saturated rings. The number of hydrogen-bond acceptors (Lipinski definition) is 5. The maximum Gasteiger partial charge on any atom is 0.264 e. The average molecular weight is 649 g/mol. The molecule has 3 aromatic carbocycles. The zero-order chi connectivity index (χ0) is 31.9. The molecule has 0 aromatic heterocycles. The zero-order valence-electron chi connectivity index (χ0n) is 25.4. The van der Waals surface area contributed by atoms with E-state index in [0.29, 0.717) is 22.2 Å². The number of sulfonamides is 1. The van der Waals surface area contributed by atoms with Crippen LogP contribution in [0.1, 0.15) is 43.9 Å². The number of benzene rings is 3. The van der Waals surface area contributed by atoms with Gasteiger partial charge in [-0.05, 0) is 68.1 Å². The van der Waals surface area contributed by atoms with Crippen molar-refractivity contribution in [2.24, 2.45) is 5.92 Å². The second-order valence-corrected chi connectivity index (χ2v) is 13.5. The molecule has 8 nitrogen and oxygen atoms in total. The lowest BCUT2D eigenvalue weighted by atomic mass is 10.1. The predicted molar refractivity (Wildman–Crippen MR) is 172 cm³/mol. The van der Waals surface area contributed by atoms with Gasteiger partial charge in [-0.1, -0.05) is 73.8 Å². The molecule has 11 heteroatoms. The Kier molecular flexibility index (Phi) is 11.9. The number of carbonyl (C=O) groups excluding carboxylic acids is 2. The number of nitrogens with zero attached hydrogens (tertiary/aromatic N) is 2. The second kappa shape index (κ2) is 14.9. The SMILES string of the molecule is CC[C@H](C(=O)NCC(C)C)N(Cc1c(Cl)cccc1Cl)C(=O)CN(c1cc(C)ccc1OC)S(=O)(=O)c1ccc(C)cc1. The summed E-state index contributed by atoms with van der Waals surface area (Å²) in [5, 5.41) is 3.56. The Morgan fingerprint density at radius 3 is 2.12 bits per heavy atom. The molecule has 0 aliphatic heterocycles. The molecule has 0 aliphatic carbocycles. The lowest BCUT2D eigenvalue weighted by Gasteiger charge is -2.34. The first-order valence-electron chi connectivity index (χ1n) is 14.0. The van der Waals surface area contributed by atoms with Gasteiger partial charge in [0.05, 0.1) is 17.7 Å². The van der Waals surface area contributed by atoms with Crippen LogP contribution in [-0.4, -0.2) is 51.4 Å². The Balaban J connectivity index is 2.16. The number of methoxy groups -OCH3 is 1. The fourth-order valence-electron chi connectivity index (χ4n) is 4.54. The smallest absolute Gasteiger partial charge is 0.264 e.